The summed E-state index contributed by atoms with van der Waals surface area (Å²) in [5.74, 6) is -0.960. The van der Waals surface area contributed by atoms with Crippen LogP contribution >= 0.6 is 22.9 Å². The van der Waals surface area contributed by atoms with Crippen LogP contribution in [-0.4, -0.2) is 10.8 Å². The van der Waals surface area contributed by atoms with Crippen molar-refractivity contribution in [1.82, 2.24) is 4.98 Å². The summed E-state index contributed by atoms with van der Waals surface area (Å²) in [6.07, 6.45) is 0.108. The molecule has 94 valence electrons. The quantitative estimate of drug-likeness (QED) is 0.798. The topological polar surface area (TPSA) is 30.0 Å². The molecule has 0 saturated carbocycles. The average molecular weight is 284 g/mol. The number of hydrogen-bond acceptors (Lipinski definition) is 3. The number of nitrogens with zero attached hydrogens (tertiary/aromatic N) is 1. The molecule has 0 N–H and O–H groups in total. The second kappa shape index (κ2) is 5.16. The van der Waals surface area contributed by atoms with Gasteiger partial charge in [0.2, 0.25) is 0 Å². The fourth-order valence-corrected chi connectivity index (χ4v) is 2.67. The summed E-state index contributed by atoms with van der Waals surface area (Å²) < 4.78 is 13.7. The van der Waals surface area contributed by atoms with Gasteiger partial charge in [0, 0.05) is 4.88 Å². The molecule has 2 rings (SSSR count). The molecule has 1 heterocycles. The van der Waals surface area contributed by atoms with E-state index in [2.05, 4.69) is 4.98 Å². The van der Waals surface area contributed by atoms with E-state index in [1.165, 1.54) is 23.5 Å². The first-order valence-electron chi connectivity index (χ1n) is 5.39. The van der Waals surface area contributed by atoms with Crippen molar-refractivity contribution in [3.63, 3.8) is 0 Å². The van der Waals surface area contributed by atoms with Gasteiger partial charge in [-0.2, -0.15) is 0 Å². The minimum absolute atomic E-state index is 0.0213. The van der Waals surface area contributed by atoms with E-state index in [9.17, 15) is 9.18 Å². The summed E-state index contributed by atoms with van der Waals surface area (Å²) in [5.41, 5.74) is 0.933. The molecule has 0 spiro atoms. The van der Waals surface area contributed by atoms with Crippen LogP contribution < -0.4 is 0 Å². The van der Waals surface area contributed by atoms with Crippen molar-refractivity contribution in [2.75, 3.05) is 0 Å². The van der Waals surface area contributed by atoms with Crippen LogP contribution in [0.4, 0.5) is 4.39 Å². The van der Waals surface area contributed by atoms with E-state index in [0.717, 1.165) is 10.6 Å². The largest absolute Gasteiger partial charge is 0.294 e. The van der Waals surface area contributed by atoms with E-state index in [-0.39, 0.29) is 22.8 Å². The Bertz CT molecular complexity index is 590. The summed E-state index contributed by atoms with van der Waals surface area (Å²) in [6.45, 7) is 3.83. The Morgan fingerprint density at radius 2 is 2.17 bits per heavy atom. The van der Waals surface area contributed by atoms with Crippen molar-refractivity contribution in [3.05, 3.63) is 50.2 Å². The van der Waals surface area contributed by atoms with Crippen LogP contribution in [0.3, 0.4) is 0 Å². The number of ketones is 1. The molecule has 1 aromatic heterocycles. The number of aromatic nitrogens is 1. The van der Waals surface area contributed by atoms with E-state index in [1.54, 1.807) is 6.07 Å². The van der Waals surface area contributed by atoms with Crippen LogP contribution in [0.1, 0.15) is 25.9 Å². The average Bonchev–Trinajstić information content (AvgIpc) is 2.61. The molecule has 2 nitrogen and oxygen atoms in total. The number of thiazole rings is 1. The lowest BCUT2D eigenvalue weighted by Gasteiger charge is -2.02. The van der Waals surface area contributed by atoms with Gasteiger partial charge in [-0.3, -0.25) is 4.79 Å². The standard InChI is InChI=1S/C13H11ClFNOS/c1-7-8(2)18-12(16-7)6-11(17)9-4-3-5-10(14)13(9)15/h3-5H,6H2,1-2H3. The number of carbonyl (C=O) groups excluding carboxylic acids is 1. The molecule has 0 atom stereocenters. The lowest BCUT2D eigenvalue weighted by molar-refractivity contribution is 0.0989. The maximum Gasteiger partial charge on any atom is 0.172 e. The Morgan fingerprint density at radius 3 is 2.78 bits per heavy atom. The predicted octanol–water partition coefficient (Wildman–Crippen LogP) is 3.98. The van der Waals surface area contributed by atoms with Crippen LogP contribution in [0.5, 0.6) is 0 Å². The molecular weight excluding hydrogens is 273 g/mol. The lowest BCUT2D eigenvalue weighted by Crippen LogP contribution is -2.06. The van der Waals surface area contributed by atoms with Gasteiger partial charge in [0.15, 0.2) is 11.6 Å². The van der Waals surface area contributed by atoms with Crippen LogP contribution in [-0.2, 0) is 6.42 Å². The monoisotopic (exact) mass is 283 g/mol. The summed E-state index contributed by atoms with van der Waals surface area (Å²) >= 11 is 7.11. The maximum absolute atomic E-state index is 13.7. The minimum atomic E-state index is -0.658. The number of benzene rings is 1. The Kier molecular flexibility index (Phi) is 3.78. The van der Waals surface area contributed by atoms with Crippen molar-refractivity contribution in [1.29, 1.82) is 0 Å². The Hall–Kier alpha value is -1.26. The predicted molar refractivity (Wildman–Crippen MR) is 71.0 cm³/mol. The number of rotatable bonds is 3. The van der Waals surface area contributed by atoms with Gasteiger partial charge < -0.3 is 0 Å². The molecule has 0 unspecified atom stereocenters. The summed E-state index contributed by atoms with van der Waals surface area (Å²) in [4.78, 5) is 17.3. The zero-order valence-corrected chi connectivity index (χ0v) is 11.5. The third kappa shape index (κ3) is 2.60. The summed E-state index contributed by atoms with van der Waals surface area (Å²) in [5, 5.41) is 0.668. The molecule has 2 aromatic rings. The molecule has 0 saturated heterocycles. The van der Waals surface area contributed by atoms with E-state index in [0.29, 0.717) is 5.01 Å². The van der Waals surface area contributed by atoms with Crippen molar-refractivity contribution in [2.24, 2.45) is 0 Å². The smallest absolute Gasteiger partial charge is 0.172 e. The second-order valence-corrected chi connectivity index (χ2v) is 5.65. The fraction of sp³-hybridized carbons (Fsp3) is 0.231. The molecule has 0 fully saturated rings. The first kappa shape index (κ1) is 13.2. The highest BCUT2D eigenvalue weighted by molar-refractivity contribution is 7.11. The zero-order chi connectivity index (χ0) is 13.3. The van der Waals surface area contributed by atoms with Crippen molar-refractivity contribution < 1.29 is 9.18 Å². The molecule has 0 bridgehead atoms. The molecule has 0 amide bonds. The van der Waals surface area contributed by atoms with Gasteiger partial charge in [-0.05, 0) is 26.0 Å². The number of carbonyl (C=O) groups is 1. The van der Waals surface area contributed by atoms with E-state index in [1.807, 2.05) is 13.8 Å². The zero-order valence-electron chi connectivity index (χ0n) is 9.96. The van der Waals surface area contributed by atoms with Gasteiger partial charge >= 0.3 is 0 Å². The third-order valence-electron chi connectivity index (χ3n) is 2.64. The van der Waals surface area contributed by atoms with Crippen LogP contribution in [0, 0.1) is 19.7 Å². The van der Waals surface area contributed by atoms with Crippen LogP contribution in [0.25, 0.3) is 0 Å². The van der Waals surface area contributed by atoms with Crippen molar-refractivity contribution in [2.45, 2.75) is 20.3 Å². The normalized spacial score (nSPS) is 10.7. The first-order valence-corrected chi connectivity index (χ1v) is 6.58. The Balaban J connectivity index is 2.24. The maximum atomic E-state index is 13.7. The number of halogens is 2. The summed E-state index contributed by atoms with van der Waals surface area (Å²) in [7, 11) is 0. The van der Waals surface area contributed by atoms with Gasteiger partial charge in [0.1, 0.15) is 5.01 Å². The molecule has 0 aliphatic heterocycles. The van der Waals surface area contributed by atoms with E-state index < -0.39 is 5.82 Å². The number of aryl methyl sites for hydroxylation is 2. The van der Waals surface area contributed by atoms with Gasteiger partial charge in [-0.15, -0.1) is 11.3 Å². The van der Waals surface area contributed by atoms with Gasteiger partial charge in [-0.25, -0.2) is 9.37 Å². The molecule has 5 heteroatoms. The molecule has 0 aliphatic rings. The highest BCUT2D eigenvalue weighted by Gasteiger charge is 2.16. The fourth-order valence-electron chi connectivity index (χ4n) is 1.57. The Labute approximate surface area is 113 Å². The number of hydrogen-bond donors (Lipinski definition) is 0. The highest BCUT2D eigenvalue weighted by atomic mass is 35.5. The third-order valence-corrected chi connectivity index (χ3v) is 4.00. The second-order valence-electron chi connectivity index (χ2n) is 3.95. The number of Topliss-reactive ketones (excluding diaryl/α,β-unsaturated/α-hetero) is 1. The minimum Gasteiger partial charge on any atom is -0.294 e. The first-order chi connectivity index (χ1) is 8.49. The molecule has 0 radical (unpaired) electrons. The van der Waals surface area contributed by atoms with Gasteiger partial charge in [-0.1, -0.05) is 17.7 Å². The van der Waals surface area contributed by atoms with Crippen molar-refractivity contribution >= 4 is 28.7 Å². The molecular formula is C13H11ClFNOS. The SMILES string of the molecule is Cc1nc(CC(=O)c2cccc(Cl)c2F)sc1C. The van der Waals surface area contributed by atoms with Crippen LogP contribution in [0.2, 0.25) is 5.02 Å². The van der Waals surface area contributed by atoms with Crippen LogP contribution in [0.15, 0.2) is 18.2 Å². The lowest BCUT2D eigenvalue weighted by atomic mass is 10.1. The summed E-state index contributed by atoms with van der Waals surface area (Å²) in [6, 6.07) is 4.43. The molecule has 1 aromatic carbocycles. The van der Waals surface area contributed by atoms with E-state index >= 15 is 0 Å². The molecule has 0 aliphatic carbocycles. The highest BCUT2D eigenvalue weighted by Crippen LogP contribution is 2.22. The van der Waals surface area contributed by atoms with Gasteiger partial charge in [0.25, 0.3) is 0 Å². The van der Waals surface area contributed by atoms with Crippen molar-refractivity contribution in [3.8, 4) is 0 Å². The Morgan fingerprint density at radius 1 is 1.44 bits per heavy atom. The van der Waals surface area contributed by atoms with Gasteiger partial charge in [0.05, 0.1) is 22.7 Å². The van der Waals surface area contributed by atoms with E-state index in [4.69, 9.17) is 11.6 Å². The molecule has 18 heavy (non-hydrogen) atoms.